The summed E-state index contributed by atoms with van der Waals surface area (Å²) in [7, 11) is 0. The van der Waals surface area contributed by atoms with Crippen molar-refractivity contribution in [3.63, 3.8) is 0 Å². The van der Waals surface area contributed by atoms with Crippen LogP contribution in [-0.4, -0.2) is 17.0 Å². The molecule has 4 nitrogen and oxygen atoms in total. The Bertz CT molecular complexity index is 569. The molecule has 0 aliphatic heterocycles. The minimum Gasteiger partial charge on any atom is -0.481 e. The number of aliphatic carboxylic acids is 1. The number of allylic oxidation sites excluding steroid dienone is 2. The van der Waals surface area contributed by atoms with Crippen molar-refractivity contribution in [2.24, 2.45) is 11.7 Å². The summed E-state index contributed by atoms with van der Waals surface area (Å²) in [5, 5.41) is 8.97. The molecule has 1 amide bonds. The van der Waals surface area contributed by atoms with Gasteiger partial charge >= 0.3 is 5.97 Å². The second-order valence-corrected chi connectivity index (χ2v) is 6.43. The van der Waals surface area contributed by atoms with Gasteiger partial charge in [0.2, 0.25) is 5.91 Å². The molecule has 0 bridgehead atoms. The molecule has 23 heavy (non-hydrogen) atoms. The van der Waals surface area contributed by atoms with Crippen molar-refractivity contribution in [2.45, 2.75) is 45.4 Å². The molecule has 1 rings (SSSR count). The zero-order valence-corrected chi connectivity index (χ0v) is 15.0. The van der Waals surface area contributed by atoms with Gasteiger partial charge in [-0.3, -0.25) is 9.59 Å². The predicted octanol–water partition coefficient (Wildman–Crippen LogP) is 4.32. The second-order valence-electron chi connectivity index (χ2n) is 5.57. The van der Waals surface area contributed by atoms with Crippen LogP contribution in [0.5, 0.6) is 0 Å². The average molecular weight is 382 g/mol. The minimum absolute atomic E-state index is 0.210. The Morgan fingerprint density at radius 1 is 1.30 bits per heavy atom. The van der Waals surface area contributed by atoms with Crippen LogP contribution in [0.4, 0.5) is 0 Å². The van der Waals surface area contributed by atoms with E-state index in [0.717, 1.165) is 42.1 Å². The third-order valence-corrected chi connectivity index (χ3v) is 4.60. The monoisotopic (exact) mass is 381 g/mol. The van der Waals surface area contributed by atoms with E-state index < -0.39 is 11.9 Å². The number of benzene rings is 1. The van der Waals surface area contributed by atoms with Gasteiger partial charge in [-0.05, 0) is 49.8 Å². The summed E-state index contributed by atoms with van der Waals surface area (Å²) < 4.78 is 0.880. The van der Waals surface area contributed by atoms with Gasteiger partial charge in [0.15, 0.2) is 0 Å². The molecule has 0 aliphatic rings. The van der Waals surface area contributed by atoms with Gasteiger partial charge in [0, 0.05) is 10.0 Å². The summed E-state index contributed by atoms with van der Waals surface area (Å²) in [6, 6.07) is 5.36. The molecule has 0 aromatic heterocycles. The van der Waals surface area contributed by atoms with Gasteiger partial charge in [-0.1, -0.05) is 47.5 Å². The molecule has 0 aliphatic carbocycles. The lowest BCUT2D eigenvalue weighted by molar-refractivity contribution is -0.142. The van der Waals surface area contributed by atoms with Crippen molar-refractivity contribution in [3.8, 4) is 0 Å². The number of hydrogen-bond acceptors (Lipinski definition) is 2. The van der Waals surface area contributed by atoms with Crippen LogP contribution in [0.2, 0.25) is 0 Å². The highest BCUT2D eigenvalue weighted by atomic mass is 79.9. The van der Waals surface area contributed by atoms with Crippen molar-refractivity contribution in [1.82, 2.24) is 0 Å². The van der Waals surface area contributed by atoms with Crippen LogP contribution < -0.4 is 5.73 Å². The Labute approximate surface area is 145 Å². The maximum absolute atomic E-state index is 11.1. The van der Waals surface area contributed by atoms with E-state index in [1.165, 1.54) is 0 Å². The number of carbonyl (C=O) groups excluding carboxylic acids is 1. The van der Waals surface area contributed by atoms with E-state index in [-0.39, 0.29) is 5.92 Å². The smallest absolute Gasteiger partial charge is 0.306 e. The summed E-state index contributed by atoms with van der Waals surface area (Å²) in [4.78, 5) is 22.0. The number of carboxylic acid groups (broad SMARTS) is 1. The summed E-state index contributed by atoms with van der Waals surface area (Å²) in [5.41, 5.74) is 6.83. The van der Waals surface area contributed by atoms with Gasteiger partial charge in [0.25, 0.3) is 0 Å². The maximum Gasteiger partial charge on any atom is 0.306 e. The number of hydrogen-bond donors (Lipinski definition) is 2. The first kappa shape index (κ1) is 19.4. The Hall–Kier alpha value is -1.62. The first-order chi connectivity index (χ1) is 11.0. The standard InChI is InChI=1S/C18H24BrNO3/c1-2-13(18(22)23)8-6-4-3-5-7-9-14-10-11-15(17(20)21)12-16(14)19/h5,7,10-13H,2-4,6,8-9H2,1H3,(H2,20,21)(H,22,23). The van der Waals surface area contributed by atoms with Crippen LogP contribution in [0.15, 0.2) is 34.8 Å². The van der Waals surface area contributed by atoms with Crippen molar-refractivity contribution in [2.75, 3.05) is 0 Å². The third-order valence-electron chi connectivity index (χ3n) is 3.86. The molecule has 1 aromatic rings. The van der Waals surface area contributed by atoms with Gasteiger partial charge in [-0.25, -0.2) is 0 Å². The van der Waals surface area contributed by atoms with E-state index in [1.54, 1.807) is 12.1 Å². The summed E-state index contributed by atoms with van der Waals surface area (Å²) in [6.45, 7) is 1.92. The Kier molecular flexibility index (Phi) is 8.62. The van der Waals surface area contributed by atoms with E-state index in [1.807, 2.05) is 13.0 Å². The van der Waals surface area contributed by atoms with Crippen molar-refractivity contribution < 1.29 is 14.7 Å². The summed E-state index contributed by atoms with van der Waals surface area (Å²) in [6.07, 6.45) is 9.34. The fourth-order valence-electron chi connectivity index (χ4n) is 2.35. The Morgan fingerprint density at radius 2 is 2.04 bits per heavy atom. The summed E-state index contributed by atoms with van der Waals surface area (Å²) in [5.74, 6) is -1.33. The molecule has 0 spiro atoms. The van der Waals surface area contributed by atoms with Crippen LogP contribution in [0.3, 0.4) is 0 Å². The minimum atomic E-state index is -0.688. The highest BCUT2D eigenvalue weighted by Crippen LogP contribution is 2.20. The molecule has 1 aromatic carbocycles. The first-order valence-corrected chi connectivity index (χ1v) is 8.71. The van der Waals surface area contributed by atoms with E-state index >= 15 is 0 Å². The highest BCUT2D eigenvalue weighted by molar-refractivity contribution is 9.10. The number of unbranched alkanes of at least 4 members (excludes halogenated alkanes) is 2. The topological polar surface area (TPSA) is 80.4 Å². The molecule has 0 saturated heterocycles. The fraction of sp³-hybridized carbons (Fsp3) is 0.444. The number of amides is 1. The number of carboxylic acids is 1. The molecular formula is C18H24BrNO3. The number of primary amides is 1. The maximum atomic E-state index is 11.1. The number of halogens is 1. The van der Waals surface area contributed by atoms with Crippen LogP contribution >= 0.6 is 15.9 Å². The molecular weight excluding hydrogens is 358 g/mol. The zero-order valence-electron chi connectivity index (χ0n) is 13.4. The van der Waals surface area contributed by atoms with E-state index in [2.05, 4.69) is 28.1 Å². The van der Waals surface area contributed by atoms with Gasteiger partial charge in [0.05, 0.1) is 5.92 Å². The Morgan fingerprint density at radius 3 is 2.61 bits per heavy atom. The van der Waals surface area contributed by atoms with Crippen LogP contribution in [0.25, 0.3) is 0 Å². The average Bonchev–Trinajstić information content (AvgIpc) is 2.50. The predicted molar refractivity (Wildman–Crippen MR) is 95.4 cm³/mol. The normalized spacial score (nSPS) is 12.4. The van der Waals surface area contributed by atoms with E-state index in [4.69, 9.17) is 10.8 Å². The van der Waals surface area contributed by atoms with Crippen LogP contribution in [0, 0.1) is 5.92 Å². The second kappa shape index (κ2) is 10.2. The van der Waals surface area contributed by atoms with Crippen LogP contribution in [0.1, 0.15) is 54.9 Å². The van der Waals surface area contributed by atoms with E-state index in [9.17, 15) is 9.59 Å². The lowest BCUT2D eigenvalue weighted by atomic mass is 9.99. The highest BCUT2D eigenvalue weighted by Gasteiger charge is 2.13. The van der Waals surface area contributed by atoms with Gasteiger partial charge in [-0.2, -0.15) is 0 Å². The van der Waals surface area contributed by atoms with E-state index in [0.29, 0.717) is 12.0 Å². The Balaban J connectivity index is 2.32. The molecule has 5 heteroatoms. The van der Waals surface area contributed by atoms with Crippen molar-refractivity contribution >= 4 is 27.8 Å². The number of nitrogens with two attached hydrogens (primary N) is 1. The lowest BCUT2D eigenvalue weighted by Gasteiger charge is -2.08. The molecule has 1 unspecified atom stereocenters. The zero-order chi connectivity index (χ0) is 17.2. The lowest BCUT2D eigenvalue weighted by Crippen LogP contribution is -2.12. The van der Waals surface area contributed by atoms with Crippen molar-refractivity contribution in [3.05, 3.63) is 46.0 Å². The molecule has 0 saturated carbocycles. The fourth-order valence-corrected chi connectivity index (χ4v) is 2.89. The van der Waals surface area contributed by atoms with Crippen molar-refractivity contribution in [1.29, 1.82) is 0 Å². The van der Waals surface area contributed by atoms with Gasteiger partial charge in [-0.15, -0.1) is 0 Å². The third kappa shape index (κ3) is 6.99. The molecule has 0 radical (unpaired) electrons. The molecule has 1 atom stereocenters. The molecule has 0 fully saturated rings. The van der Waals surface area contributed by atoms with Gasteiger partial charge < -0.3 is 10.8 Å². The van der Waals surface area contributed by atoms with Crippen LogP contribution in [-0.2, 0) is 11.2 Å². The first-order valence-electron chi connectivity index (χ1n) is 7.91. The quantitative estimate of drug-likeness (QED) is 0.467. The largest absolute Gasteiger partial charge is 0.481 e. The number of carbonyl (C=O) groups is 2. The number of rotatable bonds is 10. The summed E-state index contributed by atoms with van der Waals surface area (Å²) >= 11 is 3.45. The SMILES string of the molecule is CCC(CCCCC=CCc1ccc(C(N)=O)cc1Br)C(=O)O. The molecule has 126 valence electrons. The molecule has 0 heterocycles. The molecule has 3 N–H and O–H groups in total. The van der Waals surface area contributed by atoms with Gasteiger partial charge in [0.1, 0.15) is 0 Å².